The molecule has 1 aliphatic rings. The van der Waals surface area contributed by atoms with Gasteiger partial charge < -0.3 is 4.74 Å². The highest BCUT2D eigenvalue weighted by Gasteiger charge is 2.21. The minimum Gasteiger partial charge on any atom is -0.372 e. The molecule has 14 heavy (non-hydrogen) atoms. The maximum Gasteiger partial charge on any atom is 0.106 e. The summed E-state index contributed by atoms with van der Waals surface area (Å²) < 4.78 is 6.59. The van der Waals surface area contributed by atoms with Crippen LogP contribution in [-0.2, 0) is 4.74 Å². The topological polar surface area (TPSA) is 22.1 Å². The molecule has 1 aliphatic heterocycles. The van der Waals surface area contributed by atoms with Crippen LogP contribution in [0.3, 0.4) is 0 Å². The molecular formula is C11H14BrNO. The Balaban J connectivity index is 2.14. The van der Waals surface area contributed by atoms with Crippen LogP contribution in [0.25, 0.3) is 0 Å². The van der Waals surface area contributed by atoms with Gasteiger partial charge in [0.15, 0.2) is 0 Å². The van der Waals surface area contributed by atoms with Crippen molar-refractivity contribution < 1.29 is 4.74 Å². The average molecular weight is 256 g/mol. The number of nitrogens with zero attached hydrogens (tertiary/aromatic N) is 1. The largest absolute Gasteiger partial charge is 0.372 e. The van der Waals surface area contributed by atoms with Gasteiger partial charge in [0, 0.05) is 6.61 Å². The molecule has 2 heterocycles. The molecule has 1 saturated heterocycles. The third-order valence-corrected chi connectivity index (χ3v) is 3.05. The Morgan fingerprint density at radius 1 is 1.50 bits per heavy atom. The van der Waals surface area contributed by atoms with Gasteiger partial charge in [-0.2, -0.15) is 0 Å². The fourth-order valence-corrected chi connectivity index (χ4v) is 2.13. The van der Waals surface area contributed by atoms with Crippen LogP contribution in [0.2, 0.25) is 0 Å². The minimum atomic E-state index is 0.191. The van der Waals surface area contributed by atoms with Gasteiger partial charge in [-0.3, -0.25) is 0 Å². The summed E-state index contributed by atoms with van der Waals surface area (Å²) in [6.07, 6.45) is 2.45. The SMILES string of the molecule is CC1CCOC(c2cccc(Br)n2)C1. The van der Waals surface area contributed by atoms with Crippen molar-refractivity contribution in [2.45, 2.75) is 25.9 Å². The first-order valence-corrected chi connectivity index (χ1v) is 5.79. The van der Waals surface area contributed by atoms with Gasteiger partial charge in [0.05, 0.1) is 11.8 Å². The van der Waals surface area contributed by atoms with Gasteiger partial charge in [0.2, 0.25) is 0 Å². The van der Waals surface area contributed by atoms with Gasteiger partial charge in [-0.05, 0) is 46.8 Å². The zero-order valence-electron chi connectivity index (χ0n) is 8.24. The summed E-state index contributed by atoms with van der Waals surface area (Å²) in [6.45, 7) is 3.13. The molecule has 0 aromatic carbocycles. The van der Waals surface area contributed by atoms with E-state index in [1.807, 2.05) is 18.2 Å². The van der Waals surface area contributed by atoms with Crippen LogP contribution in [-0.4, -0.2) is 11.6 Å². The lowest BCUT2D eigenvalue weighted by Gasteiger charge is -2.26. The smallest absolute Gasteiger partial charge is 0.106 e. The number of halogens is 1. The van der Waals surface area contributed by atoms with E-state index in [4.69, 9.17) is 4.74 Å². The molecule has 76 valence electrons. The van der Waals surface area contributed by atoms with E-state index in [1.54, 1.807) is 0 Å². The van der Waals surface area contributed by atoms with Crippen molar-refractivity contribution in [3.8, 4) is 0 Å². The van der Waals surface area contributed by atoms with Crippen molar-refractivity contribution in [3.05, 3.63) is 28.5 Å². The van der Waals surface area contributed by atoms with Crippen molar-refractivity contribution in [1.82, 2.24) is 4.98 Å². The van der Waals surface area contributed by atoms with Crippen LogP contribution in [0, 0.1) is 5.92 Å². The molecular weight excluding hydrogens is 242 g/mol. The predicted octanol–water partition coefficient (Wildman–Crippen LogP) is 3.33. The van der Waals surface area contributed by atoms with Crippen molar-refractivity contribution in [2.75, 3.05) is 6.61 Å². The highest BCUT2D eigenvalue weighted by atomic mass is 79.9. The standard InChI is InChI=1S/C11H14BrNO/c1-8-5-6-14-10(7-8)9-3-2-4-11(12)13-9/h2-4,8,10H,5-7H2,1H3. The van der Waals surface area contributed by atoms with Crippen LogP contribution in [0.4, 0.5) is 0 Å². The Morgan fingerprint density at radius 2 is 2.36 bits per heavy atom. The van der Waals surface area contributed by atoms with Crippen molar-refractivity contribution in [3.63, 3.8) is 0 Å². The maximum absolute atomic E-state index is 5.71. The Bertz CT molecular complexity index is 316. The Kier molecular flexibility index (Phi) is 3.19. The number of rotatable bonds is 1. The number of hydrogen-bond donors (Lipinski definition) is 0. The zero-order valence-corrected chi connectivity index (χ0v) is 9.83. The molecule has 0 N–H and O–H groups in total. The van der Waals surface area contributed by atoms with E-state index in [1.165, 1.54) is 6.42 Å². The van der Waals surface area contributed by atoms with E-state index in [0.29, 0.717) is 0 Å². The Morgan fingerprint density at radius 3 is 3.07 bits per heavy atom. The second-order valence-electron chi connectivity index (χ2n) is 3.87. The summed E-state index contributed by atoms with van der Waals surface area (Å²) in [4.78, 5) is 4.42. The van der Waals surface area contributed by atoms with E-state index in [2.05, 4.69) is 27.8 Å². The lowest BCUT2D eigenvalue weighted by atomic mass is 9.96. The molecule has 0 bridgehead atoms. The summed E-state index contributed by atoms with van der Waals surface area (Å²) in [7, 11) is 0. The number of pyridine rings is 1. The minimum absolute atomic E-state index is 0.191. The summed E-state index contributed by atoms with van der Waals surface area (Å²) >= 11 is 3.38. The van der Waals surface area contributed by atoms with Gasteiger partial charge in [0.25, 0.3) is 0 Å². The summed E-state index contributed by atoms with van der Waals surface area (Å²) in [5.41, 5.74) is 1.05. The van der Waals surface area contributed by atoms with E-state index < -0.39 is 0 Å². The quantitative estimate of drug-likeness (QED) is 0.719. The fourth-order valence-electron chi connectivity index (χ4n) is 1.77. The van der Waals surface area contributed by atoms with Gasteiger partial charge in [-0.25, -0.2) is 4.98 Å². The molecule has 2 rings (SSSR count). The predicted molar refractivity (Wildman–Crippen MR) is 59.0 cm³/mol. The second kappa shape index (κ2) is 4.41. The van der Waals surface area contributed by atoms with Crippen LogP contribution < -0.4 is 0 Å². The first kappa shape index (κ1) is 10.1. The second-order valence-corrected chi connectivity index (χ2v) is 4.69. The molecule has 0 radical (unpaired) electrons. The highest BCUT2D eigenvalue weighted by molar-refractivity contribution is 9.10. The van der Waals surface area contributed by atoms with Crippen LogP contribution in [0.15, 0.2) is 22.8 Å². The molecule has 0 aliphatic carbocycles. The molecule has 0 amide bonds. The molecule has 0 spiro atoms. The molecule has 2 atom stereocenters. The Hall–Kier alpha value is -0.410. The fraction of sp³-hybridized carbons (Fsp3) is 0.545. The third-order valence-electron chi connectivity index (χ3n) is 2.61. The molecule has 2 nitrogen and oxygen atoms in total. The van der Waals surface area contributed by atoms with E-state index in [9.17, 15) is 0 Å². The lowest BCUT2D eigenvalue weighted by Crippen LogP contribution is -2.18. The van der Waals surface area contributed by atoms with Crippen LogP contribution >= 0.6 is 15.9 Å². The lowest BCUT2D eigenvalue weighted by molar-refractivity contribution is -0.00884. The number of hydrogen-bond acceptors (Lipinski definition) is 2. The van der Waals surface area contributed by atoms with Gasteiger partial charge >= 0.3 is 0 Å². The monoisotopic (exact) mass is 255 g/mol. The van der Waals surface area contributed by atoms with Crippen molar-refractivity contribution >= 4 is 15.9 Å². The first-order chi connectivity index (χ1) is 6.75. The maximum atomic E-state index is 5.71. The van der Waals surface area contributed by atoms with Gasteiger partial charge in [-0.15, -0.1) is 0 Å². The third kappa shape index (κ3) is 2.34. The van der Waals surface area contributed by atoms with Crippen molar-refractivity contribution in [2.24, 2.45) is 5.92 Å². The molecule has 1 fully saturated rings. The van der Waals surface area contributed by atoms with E-state index >= 15 is 0 Å². The highest BCUT2D eigenvalue weighted by Crippen LogP contribution is 2.30. The van der Waals surface area contributed by atoms with Crippen LogP contribution in [0.1, 0.15) is 31.6 Å². The molecule has 0 saturated carbocycles. The molecule has 1 aromatic rings. The molecule has 2 unspecified atom stereocenters. The van der Waals surface area contributed by atoms with Gasteiger partial charge in [-0.1, -0.05) is 13.0 Å². The number of ether oxygens (including phenoxy) is 1. The van der Waals surface area contributed by atoms with Crippen LogP contribution in [0.5, 0.6) is 0 Å². The first-order valence-electron chi connectivity index (χ1n) is 5.00. The summed E-state index contributed by atoms with van der Waals surface area (Å²) in [6, 6.07) is 5.98. The van der Waals surface area contributed by atoms with E-state index in [0.717, 1.165) is 29.2 Å². The average Bonchev–Trinajstić information content (AvgIpc) is 2.18. The normalized spacial score (nSPS) is 27.6. The Labute approximate surface area is 92.8 Å². The zero-order chi connectivity index (χ0) is 9.97. The molecule has 1 aromatic heterocycles. The number of aromatic nitrogens is 1. The van der Waals surface area contributed by atoms with E-state index in [-0.39, 0.29) is 6.10 Å². The van der Waals surface area contributed by atoms with Gasteiger partial charge in [0.1, 0.15) is 4.60 Å². The summed E-state index contributed by atoms with van der Waals surface area (Å²) in [5, 5.41) is 0. The van der Waals surface area contributed by atoms with Crippen molar-refractivity contribution in [1.29, 1.82) is 0 Å². The molecule has 3 heteroatoms. The summed E-state index contributed by atoms with van der Waals surface area (Å²) in [5.74, 6) is 0.745.